The summed E-state index contributed by atoms with van der Waals surface area (Å²) in [6, 6.07) is 5.84. The third kappa shape index (κ3) is 3.82. The van der Waals surface area contributed by atoms with Crippen LogP contribution in [0.5, 0.6) is 0 Å². The molecule has 0 aliphatic heterocycles. The zero-order valence-electron chi connectivity index (χ0n) is 13.4. The molecule has 23 heavy (non-hydrogen) atoms. The van der Waals surface area contributed by atoms with Crippen LogP contribution in [-0.2, 0) is 4.79 Å². The fourth-order valence-electron chi connectivity index (χ4n) is 2.15. The standard InChI is InChI=1S/C15H20FN5OS/c1-4-20(5-2)14(22)10(3)23-15-19-18-13(21(15)17)11-6-8-12(16)9-7-11/h6-10H,4-5,17H2,1-3H3. The van der Waals surface area contributed by atoms with Gasteiger partial charge in [0.05, 0.1) is 5.25 Å². The molecular formula is C15H20FN5OS. The van der Waals surface area contributed by atoms with E-state index >= 15 is 0 Å². The van der Waals surface area contributed by atoms with Crippen LogP contribution < -0.4 is 5.84 Å². The fourth-order valence-corrected chi connectivity index (χ4v) is 3.01. The number of amides is 1. The summed E-state index contributed by atoms with van der Waals surface area (Å²) < 4.78 is 14.3. The highest BCUT2D eigenvalue weighted by molar-refractivity contribution is 8.00. The Bertz CT molecular complexity index is 669. The summed E-state index contributed by atoms with van der Waals surface area (Å²) in [6.45, 7) is 7.03. The second-order valence-electron chi connectivity index (χ2n) is 4.95. The fraction of sp³-hybridized carbons (Fsp3) is 0.400. The van der Waals surface area contributed by atoms with E-state index in [0.717, 1.165) is 0 Å². The second kappa shape index (κ2) is 7.45. The summed E-state index contributed by atoms with van der Waals surface area (Å²) in [7, 11) is 0. The van der Waals surface area contributed by atoms with E-state index in [4.69, 9.17) is 5.84 Å². The molecule has 8 heteroatoms. The van der Waals surface area contributed by atoms with Crippen molar-refractivity contribution >= 4 is 17.7 Å². The van der Waals surface area contributed by atoms with E-state index in [2.05, 4.69) is 10.2 Å². The van der Waals surface area contributed by atoms with Gasteiger partial charge in [0, 0.05) is 18.7 Å². The lowest BCUT2D eigenvalue weighted by Gasteiger charge is -2.22. The van der Waals surface area contributed by atoms with Crippen LogP contribution in [0.1, 0.15) is 20.8 Å². The van der Waals surface area contributed by atoms with Crippen LogP contribution in [0.3, 0.4) is 0 Å². The van der Waals surface area contributed by atoms with Gasteiger partial charge >= 0.3 is 0 Å². The van der Waals surface area contributed by atoms with Crippen molar-refractivity contribution in [3.8, 4) is 11.4 Å². The van der Waals surface area contributed by atoms with Gasteiger partial charge in [-0.25, -0.2) is 9.07 Å². The lowest BCUT2D eigenvalue weighted by molar-refractivity contribution is -0.129. The van der Waals surface area contributed by atoms with Crippen molar-refractivity contribution in [1.82, 2.24) is 19.8 Å². The summed E-state index contributed by atoms with van der Waals surface area (Å²) in [5.74, 6) is 6.15. The van der Waals surface area contributed by atoms with Crippen molar-refractivity contribution in [1.29, 1.82) is 0 Å². The average Bonchev–Trinajstić information content (AvgIpc) is 2.90. The molecule has 1 aromatic heterocycles. The van der Waals surface area contributed by atoms with Crippen LogP contribution in [0.25, 0.3) is 11.4 Å². The highest BCUT2D eigenvalue weighted by Gasteiger charge is 2.22. The van der Waals surface area contributed by atoms with Crippen LogP contribution in [0, 0.1) is 5.82 Å². The zero-order valence-corrected chi connectivity index (χ0v) is 14.2. The minimum absolute atomic E-state index is 0.0336. The smallest absolute Gasteiger partial charge is 0.235 e. The molecule has 124 valence electrons. The molecule has 2 aromatic rings. The summed E-state index contributed by atoms with van der Waals surface area (Å²) in [4.78, 5) is 14.1. The maximum absolute atomic E-state index is 13.0. The van der Waals surface area contributed by atoms with E-state index in [1.165, 1.54) is 28.6 Å². The van der Waals surface area contributed by atoms with Crippen molar-refractivity contribution in [3.63, 3.8) is 0 Å². The number of aromatic nitrogens is 3. The molecule has 0 saturated carbocycles. The normalized spacial score (nSPS) is 12.2. The molecule has 0 saturated heterocycles. The number of thioether (sulfide) groups is 1. The van der Waals surface area contributed by atoms with E-state index < -0.39 is 0 Å². The number of hydrogen-bond acceptors (Lipinski definition) is 5. The van der Waals surface area contributed by atoms with E-state index in [1.807, 2.05) is 20.8 Å². The van der Waals surface area contributed by atoms with Crippen molar-refractivity contribution < 1.29 is 9.18 Å². The van der Waals surface area contributed by atoms with Gasteiger partial charge in [0.2, 0.25) is 11.1 Å². The number of nitrogen functional groups attached to an aromatic ring is 1. The molecule has 1 amide bonds. The monoisotopic (exact) mass is 337 g/mol. The van der Waals surface area contributed by atoms with Gasteiger partial charge in [-0.1, -0.05) is 11.8 Å². The third-order valence-corrected chi connectivity index (χ3v) is 4.52. The molecule has 0 bridgehead atoms. The highest BCUT2D eigenvalue weighted by atomic mass is 32.2. The predicted molar refractivity (Wildman–Crippen MR) is 88.8 cm³/mol. The van der Waals surface area contributed by atoms with Crippen LogP contribution in [0.15, 0.2) is 29.4 Å². The largest absolute Gasteiger partial charge is 0.342 e. The number of carbonyl (C=O) groups excluding carboxylic acids is 1. The Labute approximate surface area is 138 Å². The first kappa shape index (κ1) is 17.3. The van der Waals surface area contributed by atoms with Gasteiger partial charge in [0.1, 0.15) is 5.82 Å². The maximum atomic E-state index is 13.0. The van der Waals surface area contributed by atoms with Crippen LogP contribution >= 0.6 is 11.8 Å². The van der Waals surface area contributed by atoms with Crippen molar-refractivity contribution in [2.45, 2.75) is 31.2 Å². The van der Waals surface area contributed by atoms with Gasteiger partial charge in [-0.3, -0.25) is 4.79 Å². The number of halogens is 1. The van der Waals surface area contributed by atoms with E-state index in [0.29, 0.717) is 29.6 Å². The minimum Gasteiger partial charge on any atom is -0.342 e. The van der Waals surface area contributed by atoms with Gasteiger partial charge in [-0.05, 0) is 45.0 Å². The lowest BCUT2D eigenvalue weighted by atomic mass is 10.2. The minimum atomic E-state index is -0.329. The van der Waals surface area contributed by atoms with Gasteiger partial charge in [-0.15, -0.1) is 10.2 Å². The molecule has 0 fully saturated rings. The zero-order chi connectivity index (χ0) is 17.0. The van der Waals surface area contributed by atoms with E-state index in [1.54, 1.807) is 17.0 Å². The molecule has 2 N–H and O–H groups in total. The second-order valence-corrected chi connectivity index (χ2v) is 6.26. The van der Waals surface area contributed by atoms with Crippen LogP contribution in [0.2, 0.25) is 0 Å². The predicted octanol–water partition coefficient (Wildman–Crippen LogP) is 2.15. The van der Waals surface area contributed by atoms with E-state index in [9.17, 15) is 9.18 Å². The third-order valence-electron chi connectivity index (χ3n) is 3.47. The van der Waals surface area contributed by atoms with E-state index in [-0.39, 0.29) is 17.0 Å². The Morgan fingerprint density at radius 3 is 2.48 bits per heavy atom. The summed E-state index contributed by atoms with van der Waals surface area (Å²) in [5, 5.41) is 8.19. The Kier molecular flexibility index (Phi) is 5.59. The molecule has 1 aromatic carbocycles. The van der Waals surface area contributed by atoms with Gasteiger partial charge < -0.3 is 10.7 Å². The number of carbonyl (C=O) groups is 1. The molecule has 1 heterocycles. The van der Waals surface area contributed by atoms with Crippen LogP contribution in [0.4, 0.5) is 4.39 Å². The number of hydrogen-bond donors (Lipinski definition) is 1. The number of rotatable bonds is 6. The Hall–Kier alpha value is -2.09. The molecule has 1 unspecified atom stereocenters. The Morgan fingerprint density at radius 1 is 1.30 bits per heavy atom. The van der Waals surface area contributed by atoms with Gasteiger partial charge in [0.15, 0.2) is 5.82 Å². The van der Waals surface area contributed by atoms with Gasteiger partial charge in [-0.2, -0.15) is 0 Å². The molecule has 6 nitrogen and oxygen atoms in total. The summed E-state index contributed by atoms with van der Waals surface area (Å²) in [6.07, 6.45) is 0. The van der Waals surface area contributed by atoms with Gasteiger partial charge in [0.25, 0.3) is 0 Å². The molecule has 0 radical (unpaired) electrons. The topological polar surface area (TPSA) is 77.0 Å². The SMILES string of the molecule is CCN(CC)C(=O)C(C)Sc1nnc(-c2ccc(F)cc2)n1N. The molecule has 0 aliphatic carbocycles. The molecule has 0 aliphatic rings. The molecule has 0 spiro atoms. The Morgan fingerprint density at radius 2 is 1.91 bits per heavy atom. The first-order chi connectivity index (χ1) is 11.0. The van der Waals surface area contributed by atoms with Crippen molar-refractivity contribution in [2.75, 3.05) is 18.9 Å². The number of nitrogens with zero attached hydrogens (tertiary/aromatic N) is 4. The van der Waals surface area contributed by atoms with Crippen molar-refractivity contribution in [2.24, 2.45) is 0 Å². The van der Waals surface area contributed by atoms with Crippen LogP contribution in [-0.4, -0.2) is 44.0 Å². The molecule has 1 atom stereocenters. The summed E-state index contributed by atoms with van der Waals surface area (Å²) >= 11 is 1.26. The molecule has 2 rings (SSSR count). The maximum Gasteiger partial charge on any atom is 0.235 e. The number of benzene rings is 1. The average molecular weight is 337 g/mol. The summed E-state index contributed by atoms with van der Waals surface area (Å²) in [5.41, 5.74) is 0.663. The highest BCUT2D eigenvalue weighted by Crippen LogP contribution is 2.25. The number of nitrogens with two attached hydrogens (primary N) is 1. The molecular weight excluding hydrogens is 317 g/mol. The first-order valence-corrected chi connectivity index (χ1v) is 8.27. The van der Waals surface area contributed by atoms with Crippen molar-refractivity contribution in [3.05, 3.63) is 30.1 Å². The Balaban J connectivity index is 2.16. The first-order valence-electron chi connectivity index (χ1n) is 7.39. The quantitative estimate of drug-likeness (QED) is 0.645. The lowest BCUT2D eigenvalue weighted by Crippen LogP contribution is -2.36.